The summed E-state index contributed by atoms with van der Waals surface area (Å²) >= 11 is 0. The third-order valence-electron chi connectivity index (χ3n) is 4.57. The first-order valence-corrected chi connectivity index (χ1v) is 12.5. The maximum atomic E-state index is 10.0. The first kappa shape index (κ1) is 29.9. The van der Waals surface area contributed by atoms with Gasteiger partial charge in [0.1, 0.15) is 0 Å². The van der Waals surface area contributed by atoms with Crippen molar-refractivity contribution in [2.45, 2.75) is 38.8 Å². The molecule has 0 aliphatic carbocycles. The molecule has 0 heterocycles. The molecule has 0 saturated heterocycles. The van der Waals surface area contributed by atoms with Crippen LogP contribution in [0.25, 0.3) is 0 Å². The van der Waals surface area contributed by atoms with E-state index in [4.69, 9.17) is 4.12 Å². The van der Waals surface area contributed by atoms with Crippen molar-refractivity contribution in [1.82, 2.24) is 0 Å². The van der Waals surface area contributed by atoms with E-state index >= 15 is 0 Å². The average Bonchev–Trinajstić information content (AvgIpc) is 2.36. The summed E-state index contributed by atoms with van der Waals surface area (Å²) in [7, 11) is 0.275. The van der Waals surface area contributed by atoms with Gasteiger partial charge in [0.2, 0.25) is 0 Å². The molecule has 0 aromatic heterocycles. The van der Waals surface area contributed by atoms with Gasteiger partial charge in [-0.05, 0) is 13.8 Å². The molecule has 0 aliphatic heterocycles. The van der Waals surface area contributed by atoms with Crippen molar-refractivity contribution in [2.75, 3.05) is 54.4 Å². The summed E-state index contributed by atoms with van der Waals surface area (Å²) in [4.78, 5) is 40.0. The number of nitrogens with zero attached hydrogens (tertiary/aromatic N) is 2. The van der Waals surface area contributed by atoms with E-state index in [1.807, 2.05) is 0 Å². The van der Waals surface area contributed by atoms with Gasteiger partial charge in [-0.15, -0.1) is 0 Å². The highest BCUT2D eigenvalue weighted by Crippen LogP contribution is 2.18. The molecule has 0 bridgehead atoms. The highest BCUT2D eigenvalue weighted by atomic mass is 28.5. The van der Waals surface area contributed by atoms with Crippen molar-refractivity contribution in [1.29, 1.82) is 0 Å². The Kier molecular flexibility index (Phi) is 14.1. The summed E-state index contributed by atoms with van der Waals surface area (Å²) in [6.07, 6.45) is 1.18. The van der Waals surface area contributed by atoms with Gasteiger partial charge in [-0.3, -0.25) is 0 Å². The zero-order valence-electron chi connectivity index (χ0n) is 17.7. The summed E-state index contributed by atoms with van der Waals surface area (Å²) in [6.45, 7) is 7.66. The lowest BCUT2D eigenvalue weighted by molar-refractivity contribution is -0.888. The highest BCUT2D eigenvalue weighted by Gasteiger charge is 2.45. The first-order valence-electron chi connectivity index (χ1n) is 8.48. The number of rotatable bonds is 12. The molecule has 0 unspecified atom stereocenters. The zero-order valence-corrected chi connectivity index (χ0v) is 19.7. The molecule has 9 heteroatoms. The van der Waals surface area contributed by atoms with E-state index in [0.717, 1.165) is 35.1 Å². The van der Waals surface area contributed by atoms with Gasteiger partial charge in [-0.1, -0.05) is 0 Å². The van der Waals surface area contributed by atoms with Crippen LogP contribution in [-0.4, -0.2) is 100 Å². The minimum atomic E-state index is -4.01. The normalized spacial score (nSPS) is 13.2. The van der Waals surface area contributed by atoms with E-state index in [1.54, 1.807) is 0 Å². The minimum Gasteiger partial charge on any atom is -0.390 e. The molecule has 0 atom stereocenters. The van der Waals surface area contributed by atoms with Gasteiger partial charge >= 0.3 is 17.6 Å². The van der Waals surface area contributed by atoms with Crippen LogP contribution in [0.4, 0.5) is 0 Å². The van der Waals surface area contributed by atoms with Crippen LogP contribution in [0, 0.1) is 14.9 Å². The molecule has 25 heavy (non-hydrogen) atoms. The van der Waals surface area contributed by atoms with Crippen LogP contribution in [0.3, 0.4) is 0 Å². The van der Waals surface area contributed by atoms with Crippen LogP contribution in [0.5, 0.6) is 0 Å². The second-order valence-electron chi connectivity index (χ2n) is 7.75. The molecule has 0 amide bonds. The lowest BCUT2D eigenvalue weighted by Gasteiger charge is -2.31. The average molecular weight is 401 g/mol. The minimum absolute atomic E-state index is 0. The fourth-order valence-electron chi connectivity index (χ4n) is 2.15. The molecule has 0 saturated carbocycles. The molecular weight excluding hydrogens is 356 g/mol. The van der Waals surface area contributed by atoms with Gasteiger partial charge in [0, 0.05) is 24.9 Å². The Balaban J connectivity index is -0.00000242. The third kappa shape index (κ3) is 15.0. The second-order valence-corrected chi connectivity index (χ2v) is 12.5. The number of hydrogen-bond acceptors (Lipinski definition) is 5. The van der Waals surface area contributed by atoms with Crippen molar-refractivity contribution in [3.63, 3.8) is 0 Å². The van der Waals surface area contributed by atoms with E-state index in [0.29, 0.717) is 12.8 Å². The smallest absolute Gasteiger partial charge is 0.390 e. The summed E-state index contributed by atoms with van der Waals surface area (Å²) in [6, 6.07) is 0.197. The van der Waals surface area contributed by atoms with Crippen molar-refractivity contribution in [3.05, 3.63) is 14.9 Å². The van der Waals surface area contributed by atoms with Crippen LogP contribution in [0.1, 0.15) is 26.7 Å². The van der Waals surface area contributed by atoms with Gasteiger partial charge in [0.15, 0.2) is 0 Å². The Hall–Kier alpha value is 0.154. The van der Waals surface area contributed by atoms with Crippen LogP contribution in [-0.2, 0) is 4.12 Å². The molecular formula is C16H44N2O5Si2. The molecule has 0 spiro atoms. The molecule has 0 radical (unpaired) electrons. The Bertz CT molecular complexity index is 321. The van der Waals surface area contributed by atoms with Gasteiger partial charge < -0.3 is 47.1 Å². The lowest BCUT2D eigenvalue weighted by atomic mass is 10.4. The predicted octanol–water partition coefficient (Wildman–Crippen LogP) is 0.723. The standard InChI is InChI=1S/C14H38N2O5Si2.2CH3/c1-7-15(3,4)11-9-13-22(17,18)21-23(19,20)14-10-12-16(5,6)8-2;;/h17-20H,7-14H2,1-6H3;2*1H3/q+2;2*-1. The van der Waals surface area contributed by atoms with Crippen LogP contribution in [0.2, 0.25) is 12.1 Å². The van der Waals surface area contributed by atoms with Crippen molar-refractivity contribution in [2.24, 2.45) is 0 Å². The maximum Gasteiger partial charge on any atom is 0.488 e. The summed E-state index contributed by atoms with van der Waals surface area (Å²) in [5, 5.41) is 0. The van der Waals surface area contributed by atoms with E-state index < -0.39 is 17.6 Å². The van der Waals surface area contributed by atoms with E-state index in [-0.39, 0.29) is 26.9 Å². The maximum absolute atomic E-state index is 10.0. The topological polar surface area (TPSA) is 90.2 Å². The predicted molar refractivity (Wildman–Crippen MR) is 108 cm³/mol. The molecule has 0 aromatic rings. The Morgan fingerprint density at radius 1 is 0.680 bits per heavy atom. The summed E-state index contributed by atoms with van der Waals surface area (Å²) in [5.74, 6) is 0. The van der Waals surface area contributed by atoms with E-state index in [9.17, 15) is 19.2 Å². The van der Waals surface area contributed by atoms with Crippen molar-refractivity contribution >= 4 is 17.6 Å². The fraction of sp³-hybridized carbons (Fsp3) is 0.875. The molecule has 0 aromatic carbocycles. The Labute approximate surface area is 158 Å². The Morgan fingerprint density at radius 3 is 1.20 bits per heavy atom. The fourth-order valence-corrected chi connectivity index (χ4v) is 6.30. The number of hydrogen-bond donors (Lipinski definition) is 4. The van der Waals surface area contributed by atoms with Gasteiger partial charge in [0.25, 0.3) is 0 Å². The lowest BCUT2D eigenvalue weighted by Crippen LogP contribution is -2.53. The molecule has 0 aliphatic rings. The quantitative estimate of drug-likeness (QED) is 0.220. The first-order chi connectivity index (χ1) is 10.2. The largest absolute Gasteiger partial charge is 0.488 e. The van der Waals surface area contributed by atoms with E-state index in [1.165, 1.54) is 0 Å². The van der Waals surface area contributed by atoms with Crippen LogP contribution >= 0.6 is 0 Å². The zero-order chi connectivity index (χ0) is 18.4. The van der Waals surface area contributed by atoms with Crippen LogP contribution in [0.15, 0.2) is 0 Å². The Morgan fingerprint density at radius 2 is 0.960 bits per heavy atom. The second kappa shape index (κ2) is 11.8. The van der Waals surface area contributed by atoms with Crippen LogP contribution < -0.4 is 0 Å². The molecule has 0 fully saturated rings. The highest BCUT2D eigenvalue weighted by molar-refractivity contribution is 6.72. The number of quaternary nitrogens is 2. The summed E-state index contributed by atoms with van der Waals surface area (Å²) < 4.78 is 6.58. The van der Waals surface area contributed by atoms with Crippen molar-refractivity contribution < 1.29 is 32.3 Å². The SMILES string of the molecule is CC[N+](C)(C)CCC[Si](O)(O)O[Si](O)(O)CCC[N+](C)(C)CC.[CH3-].[CH3-]. The summed E-state index contributed by atoms with van der Waals surface area (Å²) in [5.41, 5.74) is 0. The molecule has 156 valence electrons. The van der Waals surface area contributed by atoms with E-state index in [2.05, 4.69) is 42.0 Å². The van der Waals surface area contributed by atoms with Crippen molar-refractivity contribution in [3.8, 4) is 0 Å². The van der Waals surface area contributed by atoms with Gasteiger partial charge in [-0.25, -0.2) is 0 Å². The monoisotopic (exact) mass is 400 g/mol. The molecule has 7 nitrogen and oxygen atoms in total. The van der Waals surface area contributed by atoms with Gasteiger partial charge in [-0.2, -0.15) is 0 Å². The molecule has 4 N–H and O–H groups in total. The molecule has 0 rings (SSSR count). The third-order valence-corrected chi connectivity index (χ3v) is 9.20. The van der Waals surface area contributed by atoms with Gasteiger partial charge in [0.05, 0.1) is 54.4 Å².